The van der Waals surface area contributed by atoms with Crippen LogP contribution >= 0.6 is 0 Å². The van der Waals surface area contributed by atoms with Crippen LogP contribution < -0.4 is 51.6 Å². The van der Waals surface area contributed by atoms with Gasteiger partial charge in [0.25, 0.3) is 11.8 Å². The first-order chi connectivity index (χ1) is 47.1. The first-order valence-corrected chi connectivity index (χ1v) is 32.2. The van der Waals surface area contributed by atoms with Crippen molar-refractivity contribution in [1.82, 2.24) is 50.0 Å². The van der Waals surface area contributed by atoms with Gasteiger partial charge in [0.15, 0.2) is 46.1 Å². The molecule has 524 valence electrons. The van der Waals surface area contributed by atoms with Crippen LogP contribution in [-0.2, 0) is 22.4 Å². The molecule has 4 fully saturated rings. The summed E-state index contributed by atoms with van der Waals surface area (Å²) in [6, 6.07) is 15.1. The lowest BCUT2D eigenvalue weighted by molar-refractivity contribution is -0.918. The summed E-state index contributed by atoms with van der Waals surface area (Å²) >= 11 is 0. The number of hydrogen-bond acceptors (Lipinski definition) is 16. The second-order valence-electron chi connectivity index (χ2n) is 25.2. The minimum atomic E-state index is -3.29. The number of aryl methyl sites for hydroxylation is 2. The van der Waals surface area contributed by atoms with Crippen molar-refractivity contribution in [1.29, 1.82) is 0 Å². The number of likely N-dealkylation sites (tertiary alicyclic amines) is 2. The minimum Gasteiger partial charge on any atom is -0.554 e. The van der Waals surface area contributed by atoms with E-state index in [0.717, 1.165) is 134 Å². The maximum Gasteiger partial charge on any atom is 0.387 e. The van der Waals surface area contributed by atoms with E-state index in [1.165, 1.54) is 59.1 Å². The number of carboxylic acid groups (broad SMARTS) is 2. The number of alkyl halides is 4. The van der Waals surface area contributed by atoms with Gasteiger partial charge in [-0.25, -0.2) is 28.7 Å². The number of quaternary nitrogens is 2. The average Bonchev–Trinajstić information content (AvgIpc) is 1.62. The molecule has 8 heterocycles. The van der Waals surface area contributed by atoms with Crippen LogP contribution in [0.25, 0.3) is 33.8 Å². The molecule has 0 spiro atoms. The first-order valence-electron chi connectivity index (χ1n) is 32.2. The Morgan fingerprint density at radius 2 is 0.939 bits per heavy atom. The molecule has 12 rings (SSSR count). The lowest BCUT2D eigenvalue weighted by Crippen LogP contribution is -2.58. The Morgan fingerprint density at radius 1 is 0.571 bits per heavy atom. The number of ether oxygens (including phenoxy) is 2. The fourth-order valence-corrected chi connectivity index (χ4v) is 13.0. The Morgan fingerprint density at radius 3 is 1.27 bits per heavy atom. The molecule has 4 aromatic carbocycles. The Kier molecular flexibility index (Phi) is 24.6. The zero-order chi connectivity index (χ0) is 70.3. The number of fused-ring (bicyclic) bond motifs is 2. The predicted octanol–water partition coefficient (Wildman–Crippen LogP) is 7.51. The predicted molar refractivity (Wildman–Crippen MR) is 345 cm³/mol. The lowest BCUT2D eigenvalue weighted by Gasteiger charge is -2.44. The van der Waals surface area contributed by atoms with E-state index < -0.39 is 60.9 Å². The standard InChI is InChI=1S/2C33H37F4N7O2.2CH2O2/c2*1-3-22-14-23(4-5-24(22)32(45)41-17-20-8-12-44(2,13-9-20)19-21-15-38-16-21)42-30-31-40-18-26(43(31)11-10-39-30)25-6-7-27(46-33(36)37)29(35)28(25)34;2*2-1-3/h2*4-7,10-11,14,18,20-21,33,38H,3,8-9,12-13,15-17,19H2,1-2H3,(H-,39,41,42,45);2*1H,(H,2,3). The minimum absolute atomic E-state index is 0.0934. The van der Waals surface area contributed by atoms with Gasteiger partial charge in [0, 0.05) is 148 Å². The molecule has 4 aliphatic heterocycles. The Hall–Kier alpha value is -9.52. The van der Waals surface area contributed by atoms with Crippen LogP contribution in [0, 0.1) is 46.9 Å². The third-order valence-corrected chi connectivity index (χ3v) is 18.5. The van der Waals surface area contributed by atoms with E-state index in [9.17, 15) is 44.7 Å². The quantitative estimate of drug-likeness (QED) is 0.0218. The Labute approximate surface area is 560 Å². The first kappa shape index (κ1) is 72.7. The number of benzene rings is 4. The molecule has 0 aliphatic carbocycles. The van der Waals surface area contributed by atoms with Gasteiger partial charge in [-0.2, -0.15) is 26.3 Å². The summed E-state index contributed by atoms with van der Waals surface area (Å²) in [5.74, 6) is -4.46. The molecule has 0 radical (unpaired) electrons. The van der Waals surface area contributed by atoms with Crippen molar-refractivity contribution in [3.63, 3.8) is 0 Å². The maximum absolute atomic E-state index is 14.9. The van der Waals surface area contributed by atoms with E-state index in [-0.39, 0.29) is 34.3 Å². The number of nitrogens with zero attached hydrogens (tertiary/aromatic N) is 8. The average molecular weight is 1370 g/mol. The summed E-state index contributed by atoms with van der Waals surface area (Å²) in [7, 11) is 4.71. The number of anilines is 4. The number of rotatable bonds is 22. The van der Waals surface area contributed by atoms with Gasteiger partial charge in [-0.15, -0.1) is 0 Å². The number of halogens is 8. The van der Waals surface area contributed by atoms with Crippen LogP contribution in [0.2, 0.25) is 0 Å². The zero-order valence-corrected chi connectivity index (χ0v) is 54.5. The van der Waals surface area contributed by atoms with Crippen molar-refractivity contribution < 1.29 is 83.0 Å². The summed E-state index contributed by atoms with van der Waals surface area (Å²) in [6.07, 6.45) is 14.4. The van der Waals surface area contributed by atoms with Gasteiger partial charge in [-0.1, -0.05) is 13.8 Å². The SMILES string of the molecule is CCc1cc(Nc2nccn3c(-c4ccc(OC(F)F)c(F)c4F)cnc23)ccc1C(=O)NCC1CC[N+](C)(CC2CNC2)CC1.CCc1cc(Nc2nccn3c(-c4ccc(OC(F)F)c(F)c4F)cnc23)ccc1C(=O)NCC1CC[N+](C)(CC2CNC2)CC1.O=C[O-].O=C[O-]. The summed E-state index contributed by atoms with van der Waals surface area (Å²) in [6.45, 7) is 9.25. The molecule has 4 aromatic heterocycles. The molecule has 22 nitrogen and oxygen atoms in total. The van der Waals surface area contributed by atoms with E-state index in [1.54, 1.807) is 24.3 Å². The van der Waals surface area contributed by atoms with Crippen molar-refractivity contribution >= 4 is 59.1 Å². The summed E-state index contributed by atoms with van der Waals surface area (Å²) in [4.78, 5) is 60.4. The third kappa shape index (κ3) is 17.8. The Balaban J connectivity index is 0.000000212. The number of nitrogens with one attached hydrogen (secondary N) is 6. The molecule has 4 saturated heterocycles. The molecule has 30 heteroatoms. The molecule has 6 N–H and O–H groups in total. The largest absolute Gasteiger partial charge is 0.554 e. The molecule has 8 aromatic rings. The molecule has 0 saturated carbocycles. The Bertz CT molecular complexity index is 3810. The monoisotopic (exact) mass is 1370 g/mol. The van der Waals surface area contributed by atoms with Crippen molar-refractivity contribution in [2.75, 3.05) is 103 Å². The summed E-state index contributed by atoms with van der Waals surface area (Å²) < 4.78 is 122. The molecule has 0 unspecified atom stereocenters. The fraction of sp³-hybridized carbons (Fsp3) is 0.412. The van der Waals surface area contributed by atoms with Crippen LogP contribution in [-0.4, -0.2) is 168 Å². The highest BCUT2D eigenvalue weighted by molar-refractivity contribution is 5.97. The number of carbonyl (C=O) groups is 4. The summed E-state index contributed by atoms with van der Waals surface area (Å²) in [5.41, 5.74) is 5.01. The topological polar surface area (TPSA) is 265 Å². The van der Waals surface area contributed by atoms with Crippen LogP contribution in [0.15, 0.2) is 97.8 Å². The van der Waals surface area contributed by atoms with Gasteiger partial charge in [-0.05, 0) is 96.5 Å². The normalized spacial score (nSPS) is 19.1. The van der Waals surface area contributed by atoms with E-state index in [1.807, 2.05) is 26.0 Å². The number of hydrogen-bond donors (Lipinski definition) is 6. The molecule has 0 atom stereocenters. The number of carbonyl (C=O) groups excluding carboxylic acids is 4. The van der Waals surface area contributed by atoms with Gasteiger partial charge in [0.1, 0.15) is 0 Å². The van der Waals surface area contributed by atoms with Crippen LogP contribution in [0.4, 0.5) is 58.1 Å². The fourth-order valence-electron chi connectivity index (χ4n) is 13.0. The molecule has 2 amide bonds. The van der Waals surface area contributed by atoms with Crippen LogP contribution in [0.3, 0.4) is 0 Å². The van der Waals surface area contributed by atoms with E-state index in [4.69, 9.17) is 19.8 Å². The number of piperidine rings is 2. The molecular weight excluding hydrogens is 1290 g/mol. The van der Waals surface area contributed by atoms with E-state index in [2.05, 4.69) is 75.4 Å². The molecule has 98 heavy (non-hydrogen) atoms. The molecular formula is C68H78F8N14O8. The van der Waals surface area contributed by atoms with Gasteiger partial charge >= 0.3 is 13.2 Å². The van der Waals surface area contributed by atoms with Gasteiger partial charge in [0.2, 0.25) is 11.6 Å². The van der Waals surface area contributed by atoms with E-state index in [0.29, 0.717) is 83.2 Å². The smallest absolute Gasteiger partial charge is 0.387 e. The summed E-state index contributed by atoms with van der Waals surface area (Å²) in [5, 5.41) is 36.0. The van der Waals surface area contributed by atoms with Crippen LogP contribution in [0.5, 0.6) is 11.5 Å². The highest BCUT2D eigenvalue weighted by Gasteiger charge is 2.36. The maximum atomic E-state index is 14.9. The number of amides is 2. The van der Waals surface area contributed by atoms with E-state index >= 15 is 0 Å². The van der Waals surface area contributed by atoms with Crippen molar-refractivity contribution in [3.05, 3.63) is 143 Å². The highest BCUT2D eigenvalue weighted by Crippen LogP contribution is 2.36. The van der Waals surface area contributed by atoms with Crippen molar-refractivity contribution in [2.24, 2.45) is 23.7 Å². The van der Waals surface area contributed by atoms with Gasteiger partial charge < -0.3 is 70.1 Å². The lowest BCUT2D eigenvalue weighted by atomic mass is 9.92. The van der Waals surface area contributed by atoms with Crippen LogP contribution in [0.1, 0.15) is 71.4 Å². The zero-order valence-electron chi connectivity index (χ0n) is 54.5. The number of aromatic nitrogens is 6. The second-order valence-corrected chi connectivity index (χ2v) is 25.2. The second kappa shape index (κ2) is 33.2. The molecule has 0 bridgehead atoms. The molecule has 4 aliphatic rings. The van der Waals surface area contributed by atoms with Gasteiger partial charge in [-0.3, -0.25) is 18.4 Å². The highest BCUT2D eigenvalue weighted by atomic mass is 19.3. The van der Waals surface area contributed by atoms with Gasteiger partial charge in [0.05, 0.1) is 77.1 Å². The van der Waals surface area contributed by atoms with Crippen molar-refractivity contribution in [3.8, 4) is 34.0 Å². The number of imidazole rings is 2. The van der Waals surface area contributed by atoms with Crippen molar-refractivity contribution in [2.45, 2.75) is 65.6 Å². The third-order valence-electron chi connectivity index (χ3n) is 18.5.